The Balaban J connectivity index is 2.82. The molecular weight excluding hydrogens is 238 g/mol. The Hall–Kier alpha value is -0.770. The summed E-state index contributed by atoms with van der Waals surface area (Å²) in [6.07, 6.45) is -0.390. The van der Waals surface area contributed by atoms with Crippen molar-refractivity contribution < 1.29 is 10.2 Å². The van der Waals surface area contributed by atoms with Gasteiger partial charge in [0.1, 0.15) is 5.75 Å². The summed E-state index contributed by atoms with van der Waals surface area (Å²) in [5, 5.41) is 19.6. The van der Waals surface area contributed by atoms with Crippen LogP contribution in [-0.4, -0.2) is 33.8 Å². The molecule has 0 aliphatic rings. The van der Waals surface area contributed by atoms with Crippen molar-refractivity contribution in [1.29, 1.82) is 0 Å². The standard InChI is InChI=1S/C13H20ClNO2/c1-9(2)15(7-10(3)16)8-11-5-4-6-12(14)13(11)17/h4-6,9-10,16-17H,7-8H2,1-3H3. The highest BCUT2D eigenvalue weighted by atomic mass is 35.5. The van der Waals surface area contributed by atoms with Crippen LogP contribution < -0.4 is 0 Å². The fourth-order valence-corrected chi connectivity index (χ4v) is 1.90. The number of phenols is 1. The Morgan fingerprint density at radius 3 is 2.47 bits per heavy atom. The van der Waals surface area contributed by atoms with Crippen molar-refractivity contribution in [2.45, 2.75) is 39.5 Å². The normalized spacial score (nSPS) is 13.4. The molecule has 1 atom stereocenters. The molecule has 17 heavy (non-hydrogen) atoms. The molecule has 0 heterocycles. The number of aliphatic hydroxyl groups is 1. The third-order valence-electron chi connectivity index (χ3n) is 2.67. The first-order chi connectivity index (χ1) is 7.91. The third kappa shape index (κ3) is 4.19. The maximum atomic E-state index is 9.84. The molecule has 0 saturated heterocycles. The van der Waals surface area contributed by atoms with Gasteiger partial charge >= 0.3 is 0 Å². The summed E-state index contributed by atoms with van der Waals surface area (Å²) in [6, 6.07) is 5.62. The highest BCUT2D eigenvalue weighted by Crippen LogP contribution is 2.28. The van der Waals surface area contributed by atoms with Gasteiger partial charge in [-0.3, -0.25) is 4.90 Å². The predicted octanol–water partition coefficient (Wildman–Crippen LogP) is 2.64. The Kier molecular flexibility index (Phi) is 5.25. The molecule has 96 valence electrons. The van der Waals surface area contributed by atoms with Crippen molar-refractivity contribution in [3.05, 3.63) is 28.8 Å². The van der Waals surface area contributed by atoms with Gasteiger partial charge in [0.15, 0.2) is 0 Å². The van der Waals surface area contributed by atoms with E-state index in [1.807, 2.05) is 12.1 Å². The van der Waals surface area contributed by atoms with Gasteiger partial charge in [0.25, 0.3) is 0 Å². The largest absolute Gasteiger partial charge is 0.506 e. The molecule has 0 fully saturated rings. The molecule has 0 aliphatic carbocycles. The highest BCUT2D eigenvalue weighted by Gasteiger charge is 2.15. The van der Waals surface area contributed by atoms with Crippen molar-refractivity contribution in [2.75, 3.05) is 6.54 Å². The molecule has 0 saturated carbocycles. The topological polar surface area (TPSA) is 43.7 Å². The molecule has 0 spiro atoms. The van der Waals surface area contributed by atoms with E-state index in [9.17, 15) is 10.2 Å². The molecule has 1 aromatic rings. The average molecular weight is 258 g/mol. The molecule has 1 rings (SSSR count). The third-order valence-corrected chi connectivity index (χ3v) is 2.98. The zero-order valence-electron chi connectivity index (χ0n) is 10.5. The van der Waals surface area contributed by atoms with Gasteiger partial charge in [-0.1, -0.05) is 23.7 Å². The van der Waals surface area contributed by atoms with Crippen LogP contribution in [-0.2, 0) is 6.54 Å². The van der Waals surface area contributed by atoms with Crippen LogP contribution in [0, 0.1) is 0 Å². The van der Waals surface area contributed by atoms with Gasteiger partial charge in [0.05, 0.1) is 11.1 Å². The zero-order chi connectivity index (χ0) is 13.0. The molecule has 1 aromatic carbocycles. The van der Waals surface area contributed by atoms with Crippen LogP contribution in [0.15, 0.2) is 18.2 Å². The van der Waals surface area contributed by atoms with Crippen molar-refractivity contribution >= 4 is 11.6 Å². The number of aromatic hydroxyl groups is 1. The Morgan fingerprint density at radius 2 is 1.94 bits per heavy atom. The first-order valence-electron chi connectivity index (χ1n) is 5.80. The average Bonchev–Trinajstić information content (AvgIpc) is 2.22. The minimum Gasteiger partial charge on any atom is -0.506 e. The van der Waals surface area contributed by atoms with Gasteiger partial charge < -0.3 is 10.2 Å². The molecule has 4 heteroatoms. The fourth-order valence-electron chi connectivity index (χ4n) is 1.70. The highest BCUT2D eigenvalue weighted by molar-refractivity contribution is 6.32. The smallest absolute Gasteiger partial charge is 0.138 e. The van der Waals surface area contributed by atoms with Crippen LogP contribution in [0.1, 0.15) is 26.3 Å². The lowest BCUT2D eigenvalue weighted by Crippen LogP contribution is -2.36. The van der Waals surface area contributed by atoms with Gasteiger partial charge in [0.2, 0.25) is 0 Å². The maximum Gasteiger partial charge on any atom is 0.138 e. The van der Waals surface area contributed by atoms with Crippen molar-refractivity contribution in [3.8, 4) is 5.75 Å². The lowest BCUT2D eigenvalue weighted by atomic mass is 10.1. The number of nitrogens with zero attached hydrogens (tertiary/aromatic N) is 1. The van der Waals surface area contributed by atoms with Gasteiger partial charge in [0, 0.05) is 24.7 Å². The van der Waals surface area contributed by atoms with Crippen LogP contribution in [0.2, 0.25) is 5.02 Å². The summed E-state index contributed by atoms with van der Waals surface area (Å²) in [5.41, 5.74) is 0.784. The number of halogens is 1. The summed E-state index contributed by atoms with van der Waals surface area (Å²) in [6.45, 7) is 7.03. The minimum atomic E-state index is -0.390. The number of phenolic OH excluding ortho intramolecular Hbond substituents is 1. The quantitative estimate of drug-likeness (QED) is 0.852. The number of hydrogen-bond acceptors (Lipinski definition) is 3. The van der Waals surface area contributed by atoms with E-state index in [-0.39, 0.29) is 5.75 Å². The molecular formula is C13H20ClNO2. The molecule has 0 amide bonds. The Labute approximate surface area is 108 Å². The van der Waals surface area contributed by atoms with E-state index >= 15 is 0 Å². The summed E-state index contributed by atoms with van der Waals surface area (Å²) in [5.74, 6) is 0.130. The number of aliphatic hydroxyl groups excluding tert-OH is 1. The fraction of sp³-hybridized carbons (Fsp3) is 0.538. The second kappa shape index (κ2) is 6.24. The first-order valence-corrected chi connectivity index (χ1v) is 6.18. The summed E-state index contributed by atoms with van der Waals surface area (Å²) in [7, 11) is 0. The summed E-state index contributed by atoms with van der Waals surface area (Å²) >= 11 is 5.86. The second-order valence-electron chi connectivity index (χ2n) is 4.62. The van der Waals surface area contributed by atoms with Crippen LogP contribution in [0.25, 0.3) is 0 Å². The van der Waals surface area contributed by atoms with Crippen LogP contribution in [0.3, 0.4) is 0 Å². The number of benzene rings is 1. The van der Waals surface area contributed by atoms with E-state index in [0.717, 1.165) is 5.56 Å². The SMILES string of the molecule is CC(O)CN(Cc1cccc(Cl)c1O)C(C)C. The number of rotatable bonds is 5. The number of para-hydroxylation sites is 1. The van der Waals surface area contributed by atoms with E-state index in [1.165, 1.54) is 0 Å². The molecule has 0 radical (unpaired) electrons. The zero-order valence-corrected chi connectivity index (χ0v) is 11.3. The first kappa shape index (κ1) is 14.3. The van der Waals surface area contributed by atoms with Crippen molar-refractivity contribution in [1.82, 2.24) is 4.90 Å². The second-order valence-corrected chi connectivity index (χ2v) is 5.03. The maximum absolute atomic E-state index is 9.84. The van der Waals surface area contributed by atoms with Crippen molar-refractivity contribution in [2.24, 2.45) is 0 Å². The van der Waals surface area contributed by atoms with E-state index in [1.54, 1.807) is 13.0 Å². The summed E-state index contributed by atoms with van der Waals surface area (Å²) < 4.78 is 0. The minimum absolute atomic E-state index is 0.130. The number of hydrogen-bond donors (Lipinski definition) is 2. The Bertz CT molecular complexity index is 366. The monoisotopic (exact) mass is 257 g/mol. The van der Waals surface area contributed by atoms with E-state index in [2.05, 4.69) is 18.7 Å². The van der Waals surface area contributed by atoms with Gasteiger partial charge in [-0.05, 0) is 26.8 Å². The molecule has 0 aliphatic heterocycles. The van der Waals surface area contributed by atoms with Crippen LogP contribution in [0.4, 0.5) is 0 Å². The lowest BCUT2D eigenvalue weighted by molar-refractivity contribution is 0.102. The van der Waals surface area contributed by atoms with Crippen molar-refractivity contribution in [3.63, 3.8) is 0 Å². The molecule has 0 aromatic heterocycles. The Morgan fingerprint density at radius 1 is 1.29 bits per heavy atom. The molecule has 2 N–H and O–H groups in total. The van der Waals surface area contributed by atoms with Gasteiger partial charge in [-0.25, -0.2) is 0 Å². The van der Waals surface area contributed by atoms with Gasteiger partial charge in [-0.2, -0.15) is 0 Å². The molecule has 1 unspecified atom stereocenters. The summed E-state index contributed by atoms with van der Waals surface area (Å²) in [4.78, 5) is 2.09. The molecule has 0 bridgehead atoms. The predicted molar refractivity (Wildman–Crippen MR) is 70.3 cm³/mol. The molecule has 3 nitrogen and oxygen atoms in total. The van der Waals surface area contributed by atoms with E-state index < -0.39 is 6.10 Å². The lowest BCUT2D eigenvalue weighted by Gasteiger charge is -2.28. The van der Waals surface area contributed by atoms with Crippen LogP contribution in [0.5, 0.6) is 5.75 Å². The van der Waals surface area contributed by atoms with Gasteiger partial charge in [-0.15, -0.1) is 0 Å². The van der Waals surface area contributed by atoms with E-state index in [0.29, 0.717) is 24.2 Å². The van der Waals surface area contributed by atoms with Crippen LogP contribution >= 0.6 is 11.6 Å². The van der Waals surface area contributed by atoms with E-state index in [4.69, 9.17) is 11.6 Å².